The van der Waals surface area contributed by atoms with Crippen molar-refractivity contribution < 1.29 is 4.74 Å². The molecule has 0 atom stereocenters. The van der Waals surface area contributed by atoms with Crippen LogP contribution in [0.5, 0.6) is 5.75 Å². The summed E-state index contributed by atoms with van der Waals surface area (Å²) in [6, 6.07) is 7.64. The summed E-state index contributed by atoms with van der Waals surface area (Å²) in [5.74, 6) is 0.837. The molecule has 1 aromatic rings. The Bertz CT molecular complexity index is 395. The number of hydrogen-bond donors (Lipinski definition) is 1. The third-order valence-electron chi connectivity index (χ3n) is 2.99. The van der Waals surface area contributed by atoms with Crippen molar-refractivity contribution in [2.24, 2.45) is 5.73 Å². The Balaban J connectivity index is 2.33. The van der Waals surface area contributed by atoms with Gasteiger partial charge in [0.25, 0.3) is 0 Å². The lowest BCUT2D eigenvalue weighted by Gasteiger charge is -2.19. The lowest BCUT2D eigenvalue weighted by atomic mass is 10.2. The maximum Gasteiger partial charge on any atom is 0.119 e. The van der Waals surface area contributed by atoms with Crippen LogP contribution in [0.1, 0.15) is 32.3 Å². The van der Waals surface area contributed by atoms with Gasteiger partial charge in [-0.2, -0.15) is 0 Å². The third-order valence-corrected chi connectivity index (χ3v) is 3.23. The first-order valence-corrected chi connectivity index (χ1v) is 7.33. The Morgan fingerprint density at radius 2 is 2.11 bits per heavy atom. The molecule has 19 heavy (non-hydrogen) atoms. The zero-order valence-corrected chi connectivity index (χ0v) is 12.7. The van der Waals surface area contributed by atoms with Crippen molar-refractivity contribution in [3.63, 3.8) is 0 Å². The van der Waals surface area contributed by atoms with Crippen LogP contribution in [-0.2, 0) is 0 Å². The highest BCUT2D eigenvalue weighted by molar-refractivity contribution is 7.80. The van der Waals surface area contributed by atoms with Crippen LogP contribution in [0.4, 0.5) is 0 Å². The number of rotatable bonds is 9. The van der Waals surface area contributed by atoms with Crippen molar-refractivity contribution in [1.29, 1.82) is 0 Å². The topological polar surface area (TPSA) is 38.5 Å². The highest BCUT2D eigenvalue weighted by Crippen LogP contribution is 2.13. The van der Waals surface area contributed by atoms with Gasteiger partial charge in [0.1, 0.15) is 10.7 Å². The van der Waals surface area contributed by atoms with E-state index < -0.39 is 0 Å². The van der Waals surface area contributed by atoms with E-state index in [4.69, 9.17) is 22.7 Å². The third kappa shape index (κ3) is 6.03. The van der Waals surface area contributed by atoms with Crippen molar-refractivity contribution in [2.45, 2.75) is 26.7 Å². The van der Waals surface area contributed by atoms with Crippen LogP contribution in [0, 0.1) is 0 Å². The minimum Gasteiger partial charge on any atom is -0.494 e. The Morgan fingerprint density at radius 3 is 2.74 bits per heavy atom. The lowest BCUT2D eigenvalue weighted by molar-refractivity contribution is 0.242. The van der Waals surface area contributed by atoms with Crippen molar-refractivity contribution in [1.82, 2.24) is 4.90 Å². The van der Waals surface area contributed by atoms with E-state index in [-0.39, 0.29) is 0 Å². The summed E-state index contributed by atoms with van der Waals surface area (Å²) < 4.78 is 5.73. The standard InChI is InChI=1S/C15H24N2OS/c1-3-9-17(4-2)10-6-11-18-14-8-5-7-13(12-14)15(16)19/h5,7-8,12H,3-4,6,9-11H2,1-2H3,(H2,16,19). The molecule has 0 amide bonds. The largest absolute Gasteiger partial charge is 0.494 e. The SMILES string of the molecule is CCCN(CC)CCCOc1cccc(C(N)=S)c1. The maximum atomic E-state index is 5.73. The molecule has 0 spiro atoms. The van der Waals surface area contributed by atoms with E-state index in [9.17, 15) is 0 Å². The average molecular weight is 280 g/mol. The predicted octanol–water partition coefficient (Wildman–Crippen LogP) is 2.82. The van der Waals surface area contributed by atoms with Gasteiger partial charge in [-0.25, -0.2) is 0 Å². The molecule has 0 aliphatic rings. The first-order valence-electron chi connectivity index (χ1n) is 6.92. The summed E-state index contributed by atoms with van der Waals surface area (Å²) in [6.45, 7) is 8.47. The Hall–Kier alpha value is -1.13. The lowest BCUT2D eigenvalue weighted by Crippen LogP contribution is -2.26. The summed E-state index contributed by atoms with van der Waals surface area (Å²) >= 11 is 4.95. The summed E-state index contributed by atoms with van der Waals surface area (Å²) in [6.07, 6.45) is 2.23. The number of nitrogens with zero attached hydrogens (tertiary/aromatic N) is 1. The van der Waals surface area contributed by atoms with Gasteiger partial charge in [-0.3, -0.25) is 0 Å². The van der Waals surface area contributed by atoms with Gasteiger partial charge in [0.05, 0.1) is 6.61 Å². The molecule has 1 aromatic carbocycles. The van der Waals surface area contributed by atoms with E-state index in [2.05, 4.69) is 18.7 Å². The highest BCUT2D eigenvalue weighted by Gasteiger charge is 2.02. The van der Waals surface area contributed by atoms with Crippen LogP contribution in [-0.4, -0.2) is 36.1 Å². The highest BCUT2D eigenvalue weighted by atomic mass is 32.1. The normalized spacial score (nSPS) is 10.7. The molecule has 2 N–H and O–H groups in total. The maximum absolute atomic E-state index is 5.73. The summed E-state index contributed by atoms with van der Waals surface area (Å²) in [5.41, 5.74) is 6.45. The number of benzene rings is 1. The second-order valence-corrected chi connectivity index (χ2v) is 4.97. The molecule has 4 heteroatoms. The number of hydrogen-bond acceptors (Lipinski definition) is 3. The molecule has 0 heterocycles. The molecular formula is C15H24N2OS. The minimum absolute atomic E-state index is 0.408. The van der Waals surface area contributed by atoms with Gasteiger partial charge in [0.15, 0.2) is 0 Å². The van der Waals surface area contributed by atoms with Gasteiger partial charge >= 0.3 is 0 Å². The van der Waals surface area contributed by atoms with Crippen molar-refractivity contribution >= 4 is 17.2 Å². The zero-order valence-electron chi connectivity index (χ0n) is 11.9. The first-order chi connectivity index (χ1) is 9.17. The number of thiocarbonyl (C=S) groups is 1. The fourth-order valence-electron chi connectivity index (χ4n) is 1.96. The van der Waals surface area contributed by atoms with Crippen LogP contribution in [0.15, 0.2) is 24.3 Å². The van der Waals surface area contributed by atoms with Gasteiger partial charge in [-0.15, -0.1) is 0 Å². The van der Waals surface area contributed by atoms with Gasteiger partial charge in [-0.05, 0) is 38.1 Å². The molecular weight excluding hydrogens is 256 g/mol. The molecule has 3 nitrogen and oxygen atoms in total. The molecule has 0 aliphatic heterocycles. The van der Waals surface area contributed by atoms with E-state index in [0.29, 0.717) is 4.99 Å². The second-order valence-electron chi connectivity index (χ2n) is 4.53. The fraction of sp³-hybridized carbons (Fsp3) is 0.533. The van der Waals surface area contributed by atoms with Crippen LogP contribution in [0.25, 0.3) is 0 Å². The van der Waals surface area contributed by atoms with Gasteiger partial charge in [0, 0.05) is 12.1 Å². The van der Waals surface area contributed by atoms with E-state index >= 15 is 0 Å². The van der Waals surface area contributed by atoms with Gasteiger partial charge in [-0.1, -0.05) is 38.2 Å². The fourth-order valence-corrected chi connectivity index (χ4v) is 2.09. The molecule has 0 aromatic heterocycles. The van der Waals surface area contributed by atoms with E-state index in [1.165, 1.54) is 6.42 Å². The van der Waals surface area contributed by atoms with Gasteiger partial charge < -0.3 is 15.4 Å². The Morgan fingerprint density at radius 1 is 1.32 bits per heavy atom. The summed E-state index contributed by atoms with van der Waals surface area (Å²) in [7, 11) is 0. The Labute approximate surface area is 121 Å². The molecule has 0 bridgehead atoms. The monoisotopic (exact) mass is 280 g/mol. The Kier molecular flexibility index (Phi) is 7.45. The predicted molar refractivity (Wildman–Crippen MR) is 84.8 cm³/mol. The van der Waals surface area contributed by atoms with Crippen molar-refractivity contribution in [3.8, 4) is 5.75 Å². The molecule has 0 saturated carbocycles. The minimum atomic E-state index is 0.408. The van der Waals surface area contributed by atoms with E-state index in [0.717, 1.165) is 44.0 Å². The molecule has 0 aliphatic carbocycles. The molecule has 0 saturated heterocycles. The van der Waals surface area contributed by atoms with E-state index in [1.807, 2.05) is 24.3 Å². The molecule has 1 rings (SSSR count). The molecule has 106 valence electrons. The van der Waals surface area contributed by atoms with Crippen LogP contribution < -0.4 is 10.5 Å². The molecule has 0 unspecified atom stereocenters. The van der Waals surface area contributed by atoms with Crippen molar-refractivity contribution in [3.05, 3.63) is 29.8 Å². The number of nitrogens with two attached hydrogens (primary N) is 1. The van der Waals surface area contributed by atoms with E-state index in [1.54, 1.807) is 0 Å². The van der Waals surface area contributed by atoms with Gasteiger partial charge in [0.2, 0.25) is 0 Å². The summed E-state index contributed by atoms with van der Waals surface area (Å²) in [5, 5.41) is 0. The molecule has 0 radical (unpaired) electrons. The van der Waals surface area contributed by atoms with Crippen molar-refractivity contribution in [2.75, 3.05) is 26.2 Å². The smallest absolute Gasteiger partial charge is 0.119 e. The second kappa shape index (κ2) is 8.88. The van der Waals surface area contributed by atoms with Crippen LogP contribution in [0.2, 0.25) is 0 Å². The van der Waals surface area contributed by atoms with Crippen LogP contribution in [0.3, 0.4) is 0 Å². The number of ether oxygens (including phenoxy) is 1. The quantitative estimate of drug-likeness (QED) is 0.557. The zero-order chi connectivity index (χ0) is 14.1. The van der Waals surface area contributed by atoms with Crippen LogP contribution >= 0.6 is 12.2 Å². The molecule has 0 fully saturated rings. The average Bonchev–Trinajstić information content (AvgIpc) is 2.42. The summed E-state index contributed by atoms with van der Waals surface area (Å²) in [4.78, 5) is 2.85. The first kappa shape index (κ1) is 15.9.